The summed E-state index contributed by atoms with van der Waals surface area (Å²) >= 11 is 6.23. The summed E-state index contributed by atoms with van der Waals surface area (Å²) in [6.07, 6.45) is 3.87. The number of hydrogen-bond donors (Lipinski definition) is 0. The molecule has 32 heavy (non-hydrogen) atoms. The molecule has 3 aliphatic rings. The zero-order chi connectivity index (χ0) is 22.0. The molecule has 2 unspecified atom stereocenters. The lowest BCUT2D eigenvalue weighted by Gasteiger charge is -2.47. The minimum atomic E-state index is -0.387. The third kappa shape index (κ3) is 4.44. The Morgan fingerprint density at radius 2 is 1.75 bits per heavy atom. The number of hydrogen-bond acceptors (Lipinski definition) is 4. The highest BCUT2D eigenvalue weighted by molar-refractivity contribution is 6.30. The Bertz CT molecular complexity index is 918. The Balaban J connectivity index is 1.13. The monoisotopic (exact) mass is 454 g/mol. The maximum Gasteiger partial charge on any atom is 0.233 e. The zero-order valence-corrected chi connectivity index (χ0v) is 19.2. The molecule has 6 heteroatoms. The van der Waals surface area contributed by atoms with Crippen LogP contribution in [0.3, 0.4) is 0 Å². The van der Waals surface area contributed by atoms with E-state index >= 15 is 0 Å². The van der Waals surface area contributed by atoms with Crippen molar-refractivity contribution in [2.45, 2.75) is 43.4 Å². The molecule has 5 nitrogen and oxygen atoms in total. The van der Waals surface area contributed by atoms with Crippen LogP contribution in [-0.2, 0) is 26.1 Å². The van der Waals surface area contributed by atoms with Crippen LogP contribution in [0.15, 0.2) is 54.6 Å². The van der Waals surface area contributed by atoms with E-state index in [-0.39, 0.29) is 23.7 Å². The molecule has 170 valence electrons. The Morgan fingerprint density at radius 1 is 0.969 bits per heavy atom. The average Bonchev–Trinajstić information content (AvgIpc) is 2.80. The molecule has 0 spiro atoms. The normalized spacial score (nSPS) is 25.8. The van der Waals surface area contributed by atoms with E-state index in [9.17, 15) is 4.79 Å². The molecule has 0 aromatic heterocycles. The number of carbonyl (C=O) groups is 1. The zero-order valence-electron chi connectivity index (χ0n) is 18.4. The van der Waals surface area contributed by atoms with Crippen LogP contribution in [0.5, 0.6) is 0 Å². The van der Waals surface area contributed by atoms with Crippen LogP contribution in [0.1, 0.15) is 30.4 Å². The van der Waals surface area contributed by atoms with Gasteiger partial charge in [-0.15, -0.1) is 0 Å². The van der Waals surface area contributed by atoms with E-state index in [1.165, 1.54) is 5.56 Å². The molecule has 0 radical (unpaired) electrons. The van der Waals surface area contributed by atoms with Crippen molar-refractivity contribution in [3.05, 3.63) is 70.7 Å². The van der Waals surface area contributed by atoms with E-state index in [0.717, 1.165) is 57.4 Å². The van der Waals surface area contributed by atoms with Crippen molar-refractivity contribution < 1.29 is 14.3 Å². The van der Waals surface area contributed by atoms with E-state index in [1.54, 1.807) is 0 Å². The van der Waals surface area contributed by atoms with E-state index in [0.29, 0.717) is 18.2 Å². The largest absolute Gasteiger partial charge is 0.371 e. The quantitative estimate of drug-likeness (QED) is 0.687. The average molecular weight is 455 g/mol. The Labute approximate surface area is 195 Å². The van der Waals surface area contributed by atoms with Gasteiger partial charge in [0, 0.05) is 37.6 Å². The highest BCUT2D eigenvalue weighted by Crippen LogP contribution is 2.46. The molecule has 2 atom stereocenters. The second-order valence-corrected chi connectivity index (χ2v) is 9.64. The molecule has 5 rings (SSSR count). The second-order valence-electron chi connectivity index (χ2n) is 9.21. The van der Waals surface area contributed by atoms with Gasteiger partial charge in [0.1, 0.15) is 6.23 Å². The summed E-state index contributed by atoms with van der Waals surface area (Å²) in [6, 6.07) is 18.3. The lowest BCUT2D eigenvalue weighted by molar-refractivity contribution is -0.191. The van der Waals surface area contributed by atoms with Gasteiger partial charge in [-0.25, -0.2) is 0 Å². The number of piperazine rings is 1. The number of nitrogens with zero attached hydrogens (tertiary/aromatic N) is 2. The minimum absolute atomic E-state index is 0.0233. The van der Waals surface area contributed by atoms with Crippen molar-refractivity contribution in [1.29, 1.82) is 0 Å². The molecule has 2 heterocycles. The minimum Gasteiger partial charge on any atom is -0.371 e. The molecule has 0 N–H and O–H groups in total. The first kappa shape index (κ1) is 21.9. The number of halogens is 1. The third-order valence-electron chi connectivity index (χ3n) is 7.26. The van der Waals surface area contributed by atoms with Crippen LogP contribution in [0.25, 0.3) is 0 Å². The van der Waals surface area contributed by atoms with Gasteiger partial charge in [-0.2, -0.15) is 0 Å². The predicted molar refractivity (Wildman–Crippen MR) is 125 cm³/mol. The van der Waals surface area contributed by atoms with Crippen LogP contribution in [0, 0.1) is 0 Å². The highest BCUT2D eigenvalue weighted by atomic mass is 35.5. The molecular weight excluding hydrogens is 424 g/mol. The van der Waals surface area contributed by atoms with E-state index in [1.807, 2.05) is 29.2 Å². The summed E-state index contributed by atoms with van der Waals surface area (Å²) in [5.41, 5.74) is 1.95. The van der Waals surface area contributed by atoms with Gasteiger partial charge >= 0.3 is 0 Å². The van der Waals surface area contributed by atoms with Crippen LogP contribution >= 0.6 is 11.6 Å². The summed E-state index contributed by atoms with van der Waals surface area (Å²) in [5.74, 6) is 0.259. The summed E-state index contributed by atoms with van der Waals surface area (Å²) in [5, 5.41) is 0.700. The van der Waals surface area contributed by atoms with Crippen molar-refractivity contribution in [2.75, 3.05) is 39.4 Å². The fourth-order valence-electron chi connectivity index (χ4n) is 5.20. The smallest absolute Gasteiger partial charge is 0.233 e. The Hall–Kier alpha value is -1.92. The van der Waals surface area contributed by atoms with Gasteiger partial charge in [-0.1, -0.05) is 60.5 Å². The van der Waals surface area contributed by atoms with Crippen molar-refractivity contribution in [3.8, 4) is 0 Å². The molecule has 1 saturated carbocycles. The molecule has 1 aliphatic carbocycles. The lowest BCUT2D eigenvalue weighted by atomic mass is 9.63. The molecule has 2 aromatic rings. The molecule has 3 fully saturated rings. The van der Waals surface area contributed by atoms with Crippen molar-refractivity contribution in [2.24, 2.45) is 0 Å². The fraction of sp³-hybridized carbons (Fsp3) is 0.500. The highest BCUT2D eigenvalue weighted by Gasteiger charge is 2.48. The van der Waals surface area contributed by atoms with Crippen molar-refractivity contribution in [3.63, 3.8) is 0 Å². The van der Waals surface area contributed by atoms with Gasteiger partial charge in [0.05, 0.1) is 24.7 Å². The number of rotatable bonds is 5. The maximum absolute atomic E-state index is 13.5. The first-order valence-corrected chi connectivity index (χ1v) is 12.1. The summed E-state index contributed by atoms with van der Waals surface area (Å²) < 4.78 is 12.3. The van der Waals surface area contributed by atoms with Gasteiger partial charge in [0.25, 0.3) is 0 Å². The maximum atomic E-state index is 13.5. The Morgan fingerprint density at radius 3 is 2.38 bits per heavy atom. The van der Waals surface area contributed by atoms with Crippen molar-refractivity contribution >= 4 is 17.5 Å². The van der Waals surface area contributed by atoms with Gasteiger partial charge in [-0.3, -0.25) is 9.69 Å². The molecule has 2 saturated heterocycles. The third-order valence-corrected chi connectivity index (χ3v) is 7.49. The topological polar surface area (TPSA) is 42.0 Å². The van der Waals surface area contributed by atoms with Crippen LogP contribution < -0.4 is 0 Å². The van der Waals surface area contributed by atoms with E-state index in [2.05, 4.69) is 35.2 Å². The second kappa shape index (κ2) is 9.52. The first-order valence-electron chi connectivity index (χ1n) is 11.7. The van der Waals surface area contributed by atoms with Crippen LogP contribution in [-0.4, -0.2) is 67.4 Å². The molecular formula is C26H31ClN2O3. The van der Waals surface area contributed by atoms with Gasteiger partial charge < -0.3 is 14.4 Å². The lowest BCUT2D eigenvalue weighted by Crippen LogP contribution is -2.59. The predicted octanol–water partition coefficient (Wildman–Crippen LogP) is 3.89. The summed E-state index contributed by atoms with van der Waals surface area (Å²) in [7, 11) is 0. The summed E-state index contributed by atoms with van der Waals surface area (Å²) in [4.78, 5) is 17.9. The van der Waals surface area contributed by atoms with Crippen LogP contribution in [0.4, 0.5) is 0 Å². The molecule has 2 aromatic carbocycles. The van der Waals surface area contributed by atoms with Gasteiger partial charge in [0.15, 0.2) is 0 Å². The molecule has 1 amide bonds. The number of amides is 1. The van der Waals surface area contributed by atoms with Crippen molar-refractivity contribution in [1.82, 2.24) is 9.80 Å². The first-order chi connectivity index (χ1) is 15.6. The van der Waals surface area contributed by atoms with E-state index in [4.69, 9.17) is 21.1 Å². The fourth-order valence-corrected chi connectivity index (χ4v) is 5.39. The van der Waals surface area contributed by atoms with Gasteiger partial charge in [0.2, 0.25) is 5.91 Å². The summed E-state index contributed by atoms with van der Waals surface area (Å²) in [6.45, 7) is 4.28. The molecule has 2 aliphatic heterocycles. The van der Waals surface area contributed by atoms with E-state index < -0.39 is 0 Å². The Kier molecular flexibility index (Phi) is 6.51. The number of benzene rings is 2. The van der Waals surface area contributed by atoms with Gasteiger partial charge in [-0.05, 0) is 36.1 Å². The SMILES string of the molecule is O=C(N1CCN(C2COC(Cc3ccccc3)CO2)CC1)C1(c2cccc(Cl)c2)CCC1. The number of ether oxygens (including phenoxy) is 2. The van der Waals surface area contributed by atoms with Crippen LogP contribution in [0.2, 0.25) is 5.02 Å². The molecule has 0 bridgehead atoms. The standard InChI is InChI=1S/C26H31ClN2O3/c27-22-9-4-8-21(17-22)26(10-5-11-26)25(30)29-14-12-28(13-15-29)24-19-31-23(18-32-24)16-20-6-2-1-3-7-20/h1-4,6-9,17,23-24H,5,10-16,18-19H2. The number of carbonyl (C=O) groups excluding carboxylic acids is 1.